The molecule has 1 unspecified atom stereocenters. The molecule has 17 heteroatoms. The number of amides is 4. The van der Waals surface area contributed by atoms with Crippen LogP contribution in [0.4, 0.5) is 5.69 Å². The molecule has 6 bridgehead atoms. The average molecular weight is 1240 g/mol. The van der Waals surface area contributed by atoms with Crippen LogP contribution in [-0.2, 0) is 53.6 Å². The minimum atomic E-state index is -1.20. The summed E-state index contributed by atoms with van der Waals surface area (Å²) in [6.07, 6.45) is 6.63. The monoisotopic (exact) mass is 1240 g/mol. The second kappa shape index (κ2) is 26.7. The van der Waals surface area contributed by atoms with Crippen molar-refractivity contribution in [2.45, 2.75) is 128 Å². The summed E-state index contributed by atoms with van der Waals surface area (Å²) in [6, 6.07) is 41.2. The van der Waals surface area contributed by atoms with Crippen molar-refractivity contribution in [3.05, 3.63) is 173 Å². The van der Waals surface area contributed by atoms with E-state index in [4.69, 9.17) is 9.72 Å². The van der Waals surface area contributed by atoms with Crippen LogP contribution in [0.15, 0.2) is 140 Å². The number of aryl methyl sites for hydroxylation is 1. The van der Waals surface area contributed by atoms with E-state index < -0.39 is 58.8 Å². The number of pyridine rings is 1. The first-order valence-corrected chi connectivity index (χ1v) is 33.2. The molecule has 3 saturated heterocycles. The van der Waals surface area contributed by atoms with Gasteiger partial charge in [-0.3, -0.25) is 38.9 Å². The van der Waals surface area contributed by atoms with Gasteiger partial charge < -0.3 is 39.3 Å². The van der Waals surface area contributed by atoms with E-state index >= 15 is 9.59 Å². The molecule has 5 aliphatic rings. The van der Waals surface area contributed by atoms with Crippen LogP contribution < -0.4 is 15.6 Å². The Morgan fingerprint density at radius 2 is 1.46 bits per heavy atom. The van der Waals surface area contributed by atoms with Crippen molar-refractivity contribution in [3.63, 3.8) is 0 Å². The Morgan fingerprint density at radius 1 is 0.804 bits per heavy atom. The van der Waals surface area contributed by atoms with Crippen LogP contribution in [0.1, 0.15) is 113 Å². The predicted octanol–water partition coefficient (Wildman–Crippen LogP) is 9.77. The molecule has 2 aromatic heterocycles. The number of esters is 1. The number of nitrogens with one attached hydrogen (secondary N) is 2. The van der Waals surface area contributed by atoms with Crippen LogP contribution in [0.3, 0.4) is 0 Å². The molecule has 0 spiro atoms. The lowest BCUT2D eigenvalue weighted by Crippen LogP contribution is -2.62. The third-order valence-corrected chi connectivity index (χ3v) is 20.0. The molecule has 0 radical (unpaired) electrons. The molecule has 5 atom stereocenters. The van der Waals surface area contributed by atoms with Gasteiger partial charge in [-0.15, -0.1) is 0 Å². The van der Waals surface area contributed by atoms with Crippen LogP contribution in [0, 0.1) is 11.3 Å². The molecule has 1 aliphatic carbocycles. The molecule has 17 nitrogen and oxygen atoms in total. The minimum Gasteiger partial charge on any atom is -0.508 e. The zero-order chi connectivity index (χ0) is 64.6. The summed E-state index contributed by atoms with van der Waals surface area (Å²) >= 11 is 0. The Morgan fingerprint density at radius 3 is 2.09 bits per heavy atom. The summed E-state index contributed by atoms with van der Waals surface area (Å²) in [4.78, 5) is 89.8. The maximum Gasteiger partial charge on any atom is 0.324 e. The lowest BCUT2D eigenvalue weighted by molar-refractivity contribution is -0.155. The highest BCUT2D eigenvalue weighted by molar-refractivity contribution is 5.97. The van der Waals surface area contributed by atoms with E-state index in [-0.39, 0.29) is 49.6 Å². The van der Waals surface area contributed by atoms with Gasteiger partial charge in [0.05, 0.1) is 42.0 Å². The van der Waals surface area contributed by atoms with E-state index in [1.54, 1.807) is 26.2 Å². The van der Waals surface area contributed by atoms with Crippen molar-refractivity contribution in [1.82, 2.24) is 44.9 Å². The molecule has 5 aromatic carbocycles. The molecular weight excluding hydrogens is 1150 g/mol. The molecule has 1 saturated carbocycles. The number of aromatic nitrogens is 2. The number of hydrogen-bond acceptors (Lipinski definition) is 12. The van der Waals surface area contributed by atoms with E-state index in [1.807, 2.05) is 66.9 Å². The van der Waals surface area contributed by atoms with Gasteiger partial charge in [0.25, 0.3) is 5.91 Å². The molecule has 12 rings (SSSR count). The van der Waals surface area contributed by atoms with Crippen molar-refractivity contribution in [3.8, 4) is 28.1 Å². The molecule has 4 amide bonds. The first-order valence-electron chi connectivity index (χ1n) is 33.2. The summed E-state index contributed by atoms with van der Waals surface area (Å²) in [7, 11) is 5.43. The highest BCUT2D eigenvalue weighted by Crippen LogP contribution is 2.49. The van der Waals surface area contributed by atoms with Gasteiger partial charge in [-0.25, -0.2) is 5.43 Å². The van der Waals surface area contributed by atoms with Crippen molar-refractivity contribution < 1.29 is 33.8 Å². The summed E-state index contributed by atoms with van der Waals surface area (Å²) < 4.78 is 8.69. The largest absolute Gasteiger partial charge is 0.508 e. The number of rotatable bonds is 15. The lowest BCUT2D eigenvalue weighted by atomic mass is 9.76. The average Bonchev–Trinajstić information content (AvgIpc) is 1.58. The number of phenols is 1. The van der Waals surface area contributed by atoms with Crippen LogP contribution in [0.2, 0.25) is 0 Å². The Balaban J connectivity index is 0.858. The highest BCUT2D eigenvalue weighted by atomic mass is 16.5. The Kier molecular flexibility index (Phi) is 18.5. The van der Waals surface area contributed by atoms with E-state index in [0.29, 0.717) is 50.8 Å². The summed E-state index contributed by atoms with van der Waals surface area (Å²) in [6.45, 7) is 15.8. The first kappa shape index (κ1) is 63.8. The lowest BCUT2D eigenvalue weighted by Gasteiger charge is -2.38. The van der Waals surface area contributed by atoms with Crippen LogP contribution >= 0.6 is 0 Å². The summed E-state index contributed by atoms with van der Waals surface area (Å²) in [5, 5.41) is 17.3. The van der Waals surface area contributed by atoms with Crippen LogP contribution in [-0.4, -0.2) is 167 Å². The maximum atomic E-state index is 15.4. The minimum absolute atomic E-state index is 0.00184. The van der Waals surface area contributed by atoms with Crippen LogP contribution in [0.25, 0.3) is 33.3 Å². The van der Waals surface area contributed by atoms with Gasteiger partial charge in [-0.05, 0) is 127 Å². The summed E-state index contributed by atoms with van der Waals surface area (Å²) in [5.41, 5.74) is 13.5. The fourth-order valence-corrected chi connectivity index (χ4v) is 15.2. The topological polar surface area (TPSA) is 176 Å². The number of fused-ring (bicyclic) bond motifs is 6. The number of aromatic hydroxyl groups is 1. The van der Waals surface area contributed by atoms with Gasteiger partial charge >= 0.3 is 5.97 Å². The van der Waals surface area contributed by atoms with Gasteiger partial charge in [0.15, 0.2) is 0 Å². The standard InChI is InChI=1S/C75H90N10O7/c1-9-83-64-32-31-52-42-59(64)61(69(83)60-43-57(45-76-67(60)49(2)3)82-36-34-79(6)35-37-82)44-74(4,5)48-92-73(91)62-30-21-33-85(78-62)71(89)63(40-50-38-53(52)41-58(86)39-50)77-70(88)68(51-22-19-20-23-51)81(8)66(87)47-80(7)72(90)65-46-84(65)75(54-24-13-10-14-25-54,55-26-15-11-16-27-55)56-28-17-12-18-29-56/h10-18,24-29,31-32,38-39,41-43,45,49,51,62-63,65,68,78,86H,9,19-23,30,33-37,40,44,46-48H2,1-8H3,(H,77,88)/t62-,63-,65+,68-,84?/m0/s1. The van der Waals surface area contributed by atoms with Gasteiger partial charge in [-0.2, -0.15) is 0 Å². The number of hydrogen-bond donors (Lipinski definition) is 3. The SMILES string of the molecule is CCn1c(-c2cc(N3CCN(C)CC3)cnc2C(C)C)c2c3cc(ccc31)-c1cc(O)cc(c1)C[C@H](NC(=O)[C@H](C1CCCC1)N(C)C(=O)CN(C)C(=O)[C@H]1CN1C(c1ccccc1)(c1ccccc1)c1ccccc1)C(=O)N1CCC[C@H](N1)C(=O)OCC(C)(C)C2. The quantitative estimate of drug-likeness (QED) is 0.0504. The van der Waals surface area contributed by atoms with Crippen molar-refractivity contribution in [2.75, 3.05) is 78.5 Å². The highest BCUT2D eigenvalue weighted by Gasteiger charge is 2.57. The van der Waals surface area contributed by atoms with Gasteiger partial charge in [0, 0.05) is 88.2 Å². The van der Waals surface area contributed by atoms with Crippen molar-refractivity contribution in [1.29, 1.82) is 0 Å². The fourth-order valence-electron chi connectivity index (χ4n) is 15.2. The number of likely N-dealkylation sites (N-methyl/N-ethyl adjacent to an activating group) is 3. The number of benzene rings is 5. The number of ether oxygens (including phenoxy) is 1. The Hall–Kier alpha value is -8.38. The summed E-state index contributed by atoms with van der Waals surface area (Å²) in [5.74, 6) is -2.15. The molecule has 7 aromatic rings. The van der Waals surface area contributed by atoms with E-state index in [2.05, 4.69) is 132 Å². The maximum absolute atomic E-state index is 15.4. The fraction of sp³-hybridized carbons (Fsp3) is 0.440. The number of anilines is 1. The normalized spacial score (nSPS) is 21.0. The Bertz CT molecular complexity index is 3740. The number of carbonyl (C=O) groups is 5. The van der Waals surface area contributed by atoms with Crippen LogP contribution in [0.5, 0.6) is 5.75 Å². The van der Waals surface area contributed by atoms with Gasteiger partial charge in [-0.1, -0.05) is 144 Å². The third-order valence-electron chi connectivity index (χ3n) is 20.0. The van der Waals surface area contributed by atoms with E-state index in [9.17, 15) is 19.5 Å². The zero-order valence-corrected chi connectivity index (χ0v) is 54.7. The van der Waals surface area contributed by atoms with Crippen molar-refractivity contribution in [2.24, 2.45) is 11.3 Å². The molecule has 4 aliphatic heterocycles. The first-order chi connectivity index (χ1) is 44.3. The molecule has 3 N–H and O–H groups in total. The molecule has 4 fully saturated rings. The van der Waals surface area contributed by atoms with Gasteiger partial charge in [0.2, 0.25) is 17.7 Å². The second-order valence-corrected chi connectivity index (χ2v) is 27.5. The molecular formula is C75H90N10O7. The number of nitrogens with zero attached hydrogens (tertiary/aromatic N) is 8. The molecule has 92 heavy (non-hydrogen) atoms. The molecule has 6 heterocycles. The molecule has 482 valence electrons. The van der Waals surface area contributed by atoms with Gasteiger partial charge in [0.1, 0.15) is 29.9 Å². The van der Waals surface area contributed by atoms with E-state index in [0.717, 1.165) is 106 Å². The smallest absolute Gasteiger partial charge is 0.324 e. The number of hydrazine groups is 1. The predicted molar refractivity (Wildman–Crippen MR) is 360 cm³/mol. The van der Waals surface area contributed by atoms with E-state index in [1.165, 1.54) is 14.8 Å². The zero-order valence-electron chi connectivity index (χ0n) is 54.7. The number of phenolic OH excluding ortho intramolecular Hbond substituents is 1. The number of carbonyl (C=O) groups excluding carboxylic acids is 5. The Labute approximate surface area is 541 Å². The second-order valence-electron chi connectivity index (χ2n) is 27.5. The van der Waals surface area contributed by atoms with Crippen molar-refractivity contribution >= 4 is 46.2 Å². The third kappa shape index (κ3) is 12.8. The number of cyclic esters (lactones) is 1. The number of piperazine rings is 1.